The van der Waals surface area contributed by atoms with Gasteiger partial charge in [0, 0.05) is 25.3 Å². The average Bonchev–Trinajstić information content (AvgIpc) is 3.06. The first kappa shape index (κ1) is 15.3. The van der Waals surface area contributed by atoms with Gasteiger partial charge in [-0.2, -0.15) is 0 Å². The minimum absolute atomic E-state index is 0.0425. The standard InChI is InChI=1S/C18H27N3O/c1-13-7-5-9-16(14(13)2)20-18(22)15-8-6-10-19-17(15)21-11-3-4-12-21/h6,8,10,13-14,16H,3-5,7,9,11-12H2,1-2H3,(H,20,22). The number of rotatable bonds is 3. The second-order valence-corrected chi connectivity index (χ2v) is 6.92. The molecule has 0 aromatic carbocycles. The number of carbonyl (C=O) groups excluding carboxylic acids is 1. The van der Waals surface area contributed by atoms with Gasteiger partial charge in [-0.3, -0.25) is 4.79 Å². The summed E-state index contributed by atoms with van der Waals surface area (Å²) >= 11 is 0. The van der Waals surface area contributed by atoms with Gasteiger partial charge < -0.3 is 10.2 Å². The van der Waals surface area contributed by atoms with Crippen LogP contribution in [0.4, 0.5) is 5.82 Å². The third-order valence-corrected chi connectivity index (χ3v) is 5.46. The fourth-order valence-corrected chi connectivity index (χ4v) is 3.79. The first-order valence-corrected chi connectivity index (χ1v) is 8.67. The highest BCUT2D eigenvalue weighted by Gasteiger charge is 2.29. The summed E-state index contributed by atoms with van der Waals surface area (Å²) in [6.45, 7) is 6.57. The van der Waals surface area contributed by atoms with Gasteiger partial charge >= 0.3 is 0 Å². The van der Waals surface area contributed by atoms with Crippen LogP contribution in [0.1, 0.15) is 56.3 Å². The minimum Gasteiger partial charge on any atom is -0.356 e. The molecule has 1 saturated heterocycles. The average molecular weight is 301 g/mol. The van der Waals surface area contributed by atoms with Gasteiger partial charge in [0.25, 0.3) is 5.91 Å². The smallest absolute Gasteiger partial charge is 0.255 e. The molecule has 2 fully saturated rings. The van der Waals surface area contributed by atoms with Crippen LogP contribution in [0.15, 0.2) is 18.3 Å². The quantitative estimate of drug-likeness (QED) is 0.932. The summed E-state index contributed by atoms with van der Waals surface area (Å²) in [6.07, 6.45) is 7.75. The molecule has 2 aliphatic rings. The van der Waals surface area contributed by atoms with Gasteiger partial charge in [0.15, 0.2) is 0 Å². The third-order valence-electron chi connectivity index (χ3n) is 5.46. The van der Waals surface area contributed by atoms with Crippen molar-refractivity contribution in [1.29, 1.82) is 0 Å². The lowest BCUT2D eigenvalue weighted by molar-refractivity contribution is 0.0891. The third kappa shape index (κ3) is 3.11. The van der Waals surface area contributed by atoms with Crippen LogP contribution in [0.2, 0.25) is 0 Å². The molecule has 4 nitrogen and oxygen atoms in total. The Bertz CT molecular complexity index is 525. The highest BCUT2D eigenvalue weighted by molar-refractivity contribution is 5.99. The Morgan fingerprint density at radius 3 is 2.77 bits per heavy atom. The second kappa shape index (κ2) is 6.67. The number of amides is 1. The van der Waals surface area contributed by atoms with E-state index in [1.807, 2.05) is 12.1 Å². The molecule has 3 unspecified atom stereocenters. The molecule has 1 amide bonds. The zero-order valence-electron chi connectivity index (χ0n) is 13.7. The Hall–Kier alpha value is -1.58. The zero-order valence-corrected chi connectivity index (χ0v) is 13.7. The van der Waals surface area contributed by atoms with Crippen LogP contribution in [-0.4, -0.2) is 30.0 Å². The van der Waals surface area contributed by atoms with Crippen LogP contribution in [0.25, 0.3) is 0 Å². The predicted octanol–water partition coefficient (Wildman–Crippen LogP) is 3.24. The Morgan fingerprint density at radius 1 is 1.23 bits per heavy atom. The fourth-order valence-electron chi connectivity index (χ4n) is 3.79. The van der Waals surface area contributed by atoms with Gasteiger partial charge in [0.2, 0.25) is 0 Å². The molecule has 2 heterocycles. The second-order valence-electron chi connectivity index (χ2n) is 6.92. The van der Waals surface area contributed by atoms with Crippen molar-refractivity contribution in [1.82, 2.24) is 10.3 Å². The Morgan fingerprint density at radius 2 is 2.00 bits per heavy atom. The van der Waals surface area contributed by atoms with E-state index < -0.39 is 0 Å². The molecule has 120 valence electrons. The Labute approximate surface area is 133 Å². The van der Waals surface area contributed by atoms with Crippen LogP contribution in [0.5, 0.6) is 0 Å². The van der Waals surface area contributed by atoms with Crippen molar-refractivity contribution in [2.75, 3.05) is 18.0 Å². The maximum absolute atomic E-state index is 12.8. The molecular formula is C18H27N3O. The topological polar surface area (TPSA) is 45.2 Å². The molecule has 22 heavy (non-hydrogen) atoms. The van der Waals surface area contributed by atoms with Gasteiger partial charge in [0.05, 0.1) is 5.56 Å². The van der Waals surface area contributed by atoms with E-state index in [0.29, 0.717) is 17.9 Å². The maximum Gasteiger partial charge on any atom is 0.255 e. The molecule has 0 bridgehead atoms. The van der Waals surface area contributed by atoms with Crippen LogP contribution < -0.4 is 10.2 Å². The van der Waals surface area contributed by atoms with Gasteiger partial charge in [-0.1, -0.05) is 26.7 Å². The zero-order chi connectivity index (χ0) is 15.5. The van der Waals surface area contributed by atoms with Gasteiger partial charge in [0.1, 0.15) is 5.82 Å². The molecule has 0 radical (unpaired) electrons. The van der Waals surface area contributed by atoms with E-state index in [0.717, 1.165) is 30.9 Å². The van der Waals surface area contributed by atoms with E-state index >= 15 is 0 Å². The normalized spacial score (nSPS) is 28.6. The lowest BCUT2D eigenvalue weighted by Crippen LogP contribution is -2.44. The van der Waals surface area contributed by atoms with Gasteiger partial charge in [-0.05, 0) is 43.2 Å². The number of nitrogens with zero attached hydrogens (tertiary/aromatic N) is 2. The molecule has 3 rings (SSSR count). The Balaban J connectivity index is 1.74. The maximum atomic E-state index is 12.8. The molecule has 1 aliphatic heterocycles. The predicted molar refractivity (Wildman–Crippen MR) is 89.1 cm³/mol. The summed E-state index contributed by atoms with van der Waals surface area (Å²) in [6, 6.07) is 4.07. The molecule has 4 heteroatoms. The highest BCUT2D eigenvalue weighted by Crippen LogP contribution is 2.30. The van der Waals surface area contributed by atoms with Gasteiger partial charge in [-0.25, -0.2) is 4.98 Å². The largest absolute Gasteiger partial charge is 0.356 e. The minimum atomic E-state index is 0.0425. The molecule has 1 aromatic rings. The van der Waals surface area contributed by atoms with Crippen molar-refractivity contribution in [2.45, 2.75) is 52.0 Å². The number of aromatic nitrogens is 1. The first-order chi connectivity index (χ1) is 10.7. The van der Waals surface area contributed by atoms with E-state index in [1.54, 1.807) is 6.20 Å². The van der Waals surface area contributed by atoms with Crippen LogP contribution >= 0.6 is 0 Å². The van der Waals surface area contributed by atoms with E-state index in [-0.39, 0.29) is 5.91 Å². The van der Waals surface area contributed by atoms with Crippen LogP contribution in [0, 0.1) is 11.8 Å². The van der Waals surface area contributed by atoms with Crippen molar-refractivity contribution in [3.05, 3.63) is 23.9 Å². The van der Waals surface area contributed by atoms with Gasteiger partial charge in [-0.15, -0.1) is 0 Å². The summed E-state index contributed by atoms with van der Waals surface area (Å²) in [4.78, 5) is 19.5. The van der Waals surface area contributed by atoms with E-state index in [2.05, 4.69) is 29.0 Å². The molecule has 0 spiro atoms. The Kier molecular flexibility index (Phi) is 4.65. The van der Waals surface area contributed by atoms with Crippen LogP contribution in [0.3, 0.4) is 0 Å². The van der Waals surface area contributed by atoms with E-state index in [1.165, 1.54) is 25.7 Å². The summed E-state index contributed by atoms with van der Waals surface area (Å²) in [7, 11) is 0. The van der Waals surface area contributed by atoms with Crippen molar-refractivity contribution >= 4 is 11.7 Å². The molecule has 1 aromatic heterocycles. The lowest BCUT2D eigenvalue weighted by Gasteiger charge is -2.34. The van der Waals surface area contributed by atoms with E-state index in [4.69, 9.17) is 0 Å². The van der Waals surface area contributed by atoms with Crippen molar-refractivity contribution in [3.8, 4) is 0 Å². The molecule has 1 N–H and O–H groups in total. The summed E-state index contributed by atoms with van der Waals surface area (Å²) < 4.78 is 0. The summed E-state index contributed by atoms with van der Waals surface area (Å²) in [5.74, 6) is 2.13. The number of pyridine rings is 1. The number of nitrogens with one attached hydrogen (secondary N) is 1. The SMILES string of the molecule is CC1CCCC(NC(=O)c2cccnc2N2CCCC2)C1C. The fraction of sp³-hybridized carbons (Fsp3) is 0.667. The number of hydrogen-bond acceptors (Lipinski definition) is 3. The molecule has 3 atom stereocenters. The summed E-state index contributed by atoms with van der Waals surface area (Å²) in [5, 5.41) is 3.27. The van der Waals surface area contributed by atoms with Crippen molar-refractivity contribution < 1.29 is 4.79 Å². The number of anilines is 1. The molecular weight excluding hydrogens is 274 g/mol. The highest BCUT2D eigenvalue weighted by atomic mass is 16.1. The first-order valence-electron chi connectivity index (χ1n) is 8.67. The number of hydrogen-bond donors (Lipinski definition) is 1. The van der Waals surface area contributed by atoms with E-state index in [9.17, 15) is 4.79 Å². The van der Waals surface area contributed by atoms with Crippen molar-refractivity contribution in [3.63, 3.8) is 0 Å². The lowest BCUT2D eigenvalue weighted by atomic mass is 9.78. The summed E-state index contributed by atoms with van der Waals surface area (Å²) in [5.41, 5.74) is 0.731. The monoisotopic (exact) mass is 301 g/mol. The van der Waals surface area contributed by atoms with Crippen molar-refractivity contribution in [2.24, 2.45) is 11.8 Å². The molecule has 1 aliphatic carbocycles. The number of carbonyl (C=O) groups is 1. The van der Waals surface area contributed by atoms with Crippen LogP contribution in [-0.2, 0) is 0 Å². The molecule has 1 saturated carbocycles.